The molecule has 1 aliphatic rings. The van der Waals surface area contributed by atoms with Crippen molar-refractivity contribution in [2.45, 2.75) is 13.3 Å². The molecule has 0 aliphatic carbocycles. The van der Waals surface area contributed by atoms with Crippen molar-refractivity contribution in [2.24, 2.45) is 5.92 Å². The number of methoxy groups -OCH3 is 1. The van der Waals surface area contributed by atoms with Gasteiger partial charge in [-0.1, -0.05) is 25.1 Å². The van der Waals surface area contributed by atoms with Crippen LogP contribution in [0.4, 0.5) is 5.69 Å². The van der Waals surface area contributed by atoms with Gasteiger partial charge in [-0.25, -0.2) is 4.79 Å². The highest BCUT2D eigenvalue weighted by molar-refractivity contribution is 6.05. The molecule has 1 aromatic carbocycles. The standard InChI is InChI=1S/C18H18N2O3/c1-12-9-13-5-3-4-6-16(13)20(11-12)17(21)15-8-7-14(10-19-15)18(22)23-2/h3-8,10,12H,9,11H2,1-2H3. The molecule has 0 saturated heterocycles. The molecule has 0 bridgehead atoms. The molecule has 23 heavy (non-hydrogen) atoms. The van der Waals surface area contributed by atoms with Crippen LogP contribution in [-0.2, 0) is 11.2 Å². The van der Waals surface area contributed by atoms with Gasteiger partial charge in [0.25, 0.3) is 5.91 Å². The Morgan fingerprint density at radius 2 is 2.00 bits per heavy atom. The molecule has 0 radical (unpaired) electrons. The SMILES string of the molecule is COC(=O)c1ccc(C(=O)N2CC(C)Cc3ccccc32)nc1. The fourth-order valence-corrected chi connectivity index (χ4v) is 2.89. The summed E-state index contributed by atoms with van der Waals surface area (Å²) in [7, 11) is 1.31. The van der Waals surface area contributed by atoms with E-state index in [4.69, 9.17) is 0 Å². The van der Waals surface area contributed by atoms with E-state index in [1.54, 1.807) is 17.0 Å². The Labute approximate surface area is 134 Å². The Balaban J connectivity index is 1.90. The van der Waals surface area contributed by atoms with Gasteiger partial charge in [0.1, 0.15) is 5.69 Å². The Kier molecular flexibility index (Phi) is 4.10. The summed E-state index contributed by atoms with van der Waals surface area (Å²) >= 11 is 0. The number of anilines is 1. The highest BCUT2D eigenvalue weighted by Gasteiger charge is 2.27. The highest BCUT2D eigenvalue weighted by Crippen LogP contribution is 2.30. The number of amides is 1. The van der Waals surface area contributed by atoms with Crippen molar-refractivity contribution < 1.29 is 14.3 Å². The lowest BCUT2D eigenvalue weighted by molar-refractivity contribution is 0.0600. The minimum Gasteiger partial charge on any atom is -0.465 e. The molecular weight excluding hydrogens is 292 g/mol. The summed E-state index contributed by atoms with van der Waals surface area (Å²) in [6, 6.07) is 11.1. The lowest BCUT2D eigenvalue weighted by atomic mass is 9.93. The summed E-state index contributed by atoms with van der Waals surface area (Å²) in [5, 5.41) is 0. The van der Waals surface area contributed by atoms with Gasteiger partial charge in [-0.2, -0.15) is 0 Å². The molecule has 5 heteroatoms. The van der Waals surface area contributed by atoms with Crippen molar-refractivity contribution in [3.8, 4) is 0 Å². The molecule has 0 spiro atoms. The van der Waals surface area contributed by atoms with Crippen LogP contribution in [0.2, 0.25) is 0 Å². The third kappa shape index (κ3) is 2.95. The minimum atomic E-state index is -0.464. The van der Waals surface area contributed by atoms with E-state index in [0.717, 1.165) is 12.1 Å². The van der Waals surface area contributed by atoms with Crippen LogP contribution >= 0.6 is 0 Å². The number of aromatic nitrogens is 1. The van der Waals surface area contributed by atoms with Crippen LogP contribution in [-0.4, -0.2) is 30.5 Å². The summed E-state index contributed by atoms with van der Waals surface area (Å²) in [5.74, 6) is -0.225. The van der Waals surface area contributed by atoms with Gasteiger partial charge >= 0.3 is 5.97 Å². The largest absolute Gasteiger partial charge is 0.465 e. The second kappa shape index (κ2) is 6.20. The van der Waals surface area contributed by atoms with E-state index in [2.05, 4.69) is 22.7 Å². The van der Waals surface area contributed by atoms with Crippen molar-refractivity contribution in [3.63, 3.8) is 0 Å². The van der Waals surface area contributed by atoms with Crippen LogP contribution in [0.5, 0.6) is 0 Å². The molecular formula is C18H18N2O3. The number of benzene rings is 1. The summed E-state index contributed by atoms with van der Waals surface area (Å²) in [4.78, 5) is 30.1. The normalized spacial score (nSPS) is 16.6. The lowest BCUT2D eigenvalue weighted by Gasteiger charge is -2.33. The van der Waals surface area contributed by atoms with Crippen LogP contribution < -0.4 is 4.90 Å². The summed E-state index contributed by atoms with van der Waals surface area (Å²) in [5.41, 5.74) is 2.76. The molecule has 1 aliphatic heterocycles. The second-order valence-electron chi connectivity index (χ2n) is 5.78. The zero-order valence-corrected chi connectivity index (χ0v) is 13.2. The van der Waals surface area contributed by atoms with E-state index < -0.39 is 5.97 Å². The van der Waals surface area contributed by atoms with E-state index in [-0.39, 0.29) is 5.91 Å². The minimum absolute atomic E-state index is 0.152. The summed E-state index contributed by atoms with van der Waals surface area (Å²) < 4.78 is 4.64. The van der Waals surface area contributed by atoms with Gasteiger partial charge in [0.05, 0.1) is 12.7 Å². The van der Waals surface area contributed by atoms with Crippen LogP contribution in [0.1, 0.15) is 33.3 Å². The first kappa shape index (κ1) is 15.2. The van der Waals surface area contributed by atoms with E-state index in [1.165, 1.54) is 18.9 Å². The lowest BCUT2D eigenvalue weighted by Crippen LogP contribution is -2.39. The third-order valence-corrected chi connectivity index (χ3v) is 3.99. The number of nitrogens with zero attached hydrogens (tertiary/aromatic N) is 2. The van der Waals surface area contributed by atoms with Crippen LogP contribution in [0.25, 0.3) is 0 Å². The molecule has 3 rings (SSSR count). The van der Waals surface area contributed by atoms with E-state index in [1.807, 2.05) is 18.2 Å². The maximum atomic E-state index is 12.8. The first-order chi connectivity index (χ1) is 11.1. The number of carbonyl (C=O) groups excluding carboxylic acids is 2. The quantitative estimate of drug-likeness (QED) is 0.800. The number of esters is 1. The molecule has 2 heterocycles. The van der Waals surface area contributed by atoms with Gasteiger partial charge in [0.15, 0.2) is 0 Å². The average molecular weight is 310 g/mol. The predicted octanol–water partition coefficient (Wildman–Crippen LogP) is 2.71. The van der Waals surface area contributed by atoms with Crippen molar-refractivity contribution in [1.29, 1.82) is 0 Å². The van der Waals surface area contributed by atoms with Crippen molar-refractivity contribution in [2.75, 3.05) is 18.6 Å². The van der Waals surface area contributed by atoms with Gasteiger partial charge in [-0.3, -0.25) is 9.78 Å². The smallest absolute Gasteiger partial charge is 0.339 e. The zero-order valence-electron chi connectivity index (χ0n) is 13.2. The second-order valence-corrected chi connectivity index (χ2v) is 5.78. The number of carbonyl (C=O) groups is 2. The Morgan fingerprint density at radius 1 is 1.22 bits per heavy atom. The molecule has 1 aromatic heterocycles. The van der Waals surface area contributed by atoms with Gasteiger partial charge in [-0.05, 0) is 36.1 Å². The molecule has 2 aromatic rings. The Morgan fingerprint density at radius 3 is 2.70 bits per heavy atom. The van der Waals surface area contributed by atoms with Crippen LogP contribution in [0.3, 0.4) is 0 Å². The molecule has 5 nitrogen and oxygen atoms in total. The van der Waals surface area contributed by atoms with Crippen molar-refractivity contribution >= 4 is 17.6 Å². The van der Waals surface area contributed by atoms with Crippen LogP contribution in [0, 0.1) is 5.92 Å². The molecule has 0 N–H and O–H groups in total. The predicted molar refractivity (Wildman–Crippen MR) is 86.6 cm³/mol. The molecule has 1 unspecified atom stereocenters. The molecule has 0 saturated carbocycles. The number of rotatable bonds is 2. The Hall–Kier alpha value is -2.69. The number of pyridine rings is 1. The number of hydrogen-bond donors (Lipinski definition) is 0. The molecule has 0 fully saturated rings. The van der Waals surface area contributed by atoms with Gasteiger partial charge in [0.2, 0.25) is 0 Å². The maximum absolute atomic E-state index is 12.8. The van der Waals surface area contributed by atoms with Gasteiger partial charge in [-0.15, -0.1) is 0 Å². The number of fused-ring (bicyclic) bond motifs is 1. The fourth-order valence-electron chi connectivity index (χ4n) is 2.89. The summed E-state index contributed by atoms with van der Waals surface area (Å²) in [6.07, 6.45) is 2.34. The van der Waals surface area contributed by atoms with E-state index in [0.29, 0.717) is 23.7 Å². The summed E-state index contributed by atoms with van der Waals surface area (Å²) in [6.45, 7) is 2.79. The first-order valence-corrected chi connectivity index (χ1v) is 7.54. The van der Waals surface area contributed by atoms with Crippen molar-refractivity contribution in [3.05, 3.63) is 59.4 Å². The topological polar surface area (TPSA) is 59.5 Å². The molecule has 1 atom stereocenters. The Bertz CT molecular complexity index is 740. The van der Waals surface area contributed by atoms with E-state index in [9.17, 15) is 9.59 Å². The highest BCUT2D eigenvalue weighted by atomic mass is 16.5. The van der Waals surface area contributed by atoms with E-state index >= 15 is 0 Å². The number of ether oxygens (including phenoxy) is 1. The zero-order chi connectivity index (χ0) is 16.4. The average Bonchev–Trinajstić information content (AvgIpc) is 2.59. The van der Waals surface area contributed by atoms with Crippen LogP contribution in [0.15, 0.2) is 42.6 Å². The third-order valence-electron chi connectivity index (χ3n) is 3.99. The fraction of sp³-hybridized carbons (Fsp3) is 0.278. The molecule has 118 valence electrons. The van der Waals surface area contributed by atoms with Crippen molar-refractivity contribution in [1.82, 2.24) is 4.98 Å². The molecule has 1 amide bonds. The van der Waals surface area contributed by atoms with Gasteiger partial charge in [0, 0.05) is 18.4 Å². The maximum Gasteiger partial charge on any atom is 0.339 e. The number of para-hydroxylation sites is 1. The monoisotopic (exact) mass is 310 g/mol. The number of hydrogen-bond acceptors (Lipinski definition) is 4. The first-order valence-electron chi connectivity index (χ1n) is 7.54. The van der Waals surface area contributed by atoms with Gasteiger partial charge < -0.3 is 9.64 Å².